The Morgan fingerprint density at radius 1 is 1.40 bits per heavy atom. The molecule has 52 valence electrons. The molecule has 0 unspecified atom stereocenters. The van der Waals surface area contributed by atoms with Gasteiger partial charge in [0.2, 0.25) is 0 Å². The number of rotatable bonds is 1. The van der Waals surface area contributed by atoms with Crippen molar-refractivity contribution in [2.45, 2.75) is 6.92 Å². The molecule has 2 nitrogen and oxygen atoms in total. The molecule has 0 saturated heterocycles. The van der Waals surface area contributed by atoms with E-state index in [0.717, 1.165) is 11.3 Å². The van der Waals surface area contributed by atoms with Gasteiger partial charge >= 0.3 is 0 Å². The average Bonchev–Trinajstić information content (AvgIpc) is 1.94. The van der Waals surface area contributed by atoms with Gasteiger partial charge in [-0.2, -0.15) is 0 Å². The normalized spacial score (nSPS) is 10.5. The summed E-state index contributed by atoms with van der Waals surface area (Å²) in [5, 5.41) is 9.96. The standard InChI is InChI=1S/C8H9NO/c1-7-4-2-3-5-8(7)9-6-10/h2-6H,1H3,(H,9,10)/p-1. The fourth-order valence-corrected chi connectivity index (χ4v) is 0.765. The minimum atomic E-state index is 0.558. The number of para-hydroxylation sites is 1. The monoisotopic (exact) mass is 134 g/mol. The molecule has 2 heteroatoms. The van der Waals surface area contributed by atoms with Gasteiger partial charge in [-0.25, -0.2) is 0 Å². The van der Waals surface area contributed by atoms with E-state index in [2.05, 4.69) is 4.99 Å². The quantitative estimate of drug-likeness (QED) is 0.417. The number of aryl methyl sites for hydroxylation is 1. The molecular formula is C8H8NO-. The molecule has 1 rings (SSSR count). The molecule has 0 atom stereocenters. The van der Waals surface area contributed by atoms with E-state index < -0.39 is 0 Å². The van der Waals surface area contributed by atoms with Gasteiger partial charge in [-0.3, -0.25) is 4.99 Å². The lowest BCUT2D eigenvalue weighted by Gasteiger charge is -1.98. The molecule has 0 aliphatic carbocycles. The average molecular weight is 134 g/mol. The largest absolute Gasteiger partial charge is 0.864 e. The summed E-state index contributed by atoms with van der Waals surface area (Å²) in [6, 6.07) is 7.50. The molecule has 0 bridgehead atoms. The van der Waals surface area contributed by atoms with Crippen LogP contribution in [-0.4, -0.2) is 6.40 Å². The Kier molecular flexibility index (Phi) is 2.05. The predicted molar refractivity (Wildman–Crippen MR) is 39.3 cm³/mol. The van der Waals surface area contributed by atoms with Crippen LogP contribution in [0, 0.1) is 6.92 Å². The lowest BCUT2D eigenvalue weighted by molar-refractivity contribution is -0.200. The minimum Gasteiger partial charge on any atom is -0.864 e. The summed E-state index contributed by atoms with van der Waals surface area (Å²) in [4.78, 5) is 3.63. The summed E-state index contributed by atoms with van der Waals surface area (Å²) in [5.41, 5.74) is 1.77. The van der Waals surface area contributed by atoms with Crippen molar-refractivity contribution >= 4 is 12.1 Å². The maximum Gasteiger partial charge on any atom is 0.0644 e. The minimum absolute atomic E-state index is 0.558. The van der Waals surface area contributed by atoms with Gasteiger partial charge in [-0.1, -0.05) is 24.6 Å². The van der Waals surface area contributed by atoms with Crippen molar-refractivity contribution in [3.05, 3.63) is 29.8 Å². The highest BCUT2D eigenvalue weighted by molar-refractivity contribution is 5.55. The van der Waals surface area contributed by atoms with Gasteiger partial charge in [0.25, 0.3) is 0 Å². The predicted octanol–water partition coefficient (Wildman–Crippen LogP) is 1.02. The van der Waals surface area contributed by atoms with Crippen molar-refractivity contribution in [2.75, 3.05) is 0 Å². The van der Waals surface area contributed by atoms with Crippen LogP contribution in [0.1, 0.15) is 5.56 Å². The second-order valence-corrected chi connectivity index (χ2v) is 2.02. The highest BCUT2D eigenvalue weighted by Crippen LogP contribution is 2.15. The van der Waals surface area contributed by atoms with Crippen molar-refractivity contribution in [1.82, 2.24) is 0 Å². The van der Waals surface area contributed by atoms with Gasteiger partial charge < -0.3 is 5.11 Å². The first-order valence-corrected chi connectivity index (χ1v) is 3.04. The highest BCUT2D eigenvalue weighted by atomic mass is 16.3. The molecule has 0 aliphatic rings. The first-order chi connectivity index (χ1) is 4.84. The Morgan fingerprint density at radius 3 is 2.70 bits per heavy atom. The molecule has 0 spiro atoms. The fraction of sp³-hybridized carbons (Fsp3) is 0.125. The number of benzene rings is 1. The maximum absolute atomic E-state index is 9.96. The van der Waals surface area contributed by atoms with Gasteiger partial charge in [0.15, 0.2) is 0 Å². The van der Waals surface area contributed by atoms with E-state index in [1.54, 1.807) is 0 Å². The van der Waals surface area contributed by atoms with E-state index in [4.69, 9.17) is 0 Å². The van der Waals surface area contributed by atoms with Crippen LogP contribution in [0.3, 0.4) is 0 Å². The summed E-state index contributed by atoms with van der Waals surface area (Å²) < 4.78 is 0. The topological polar surface area (TPSA) is 35.4 Å². The molecule has 0 radical (unpaired) electrons. The summed E-state index contributed by atoms with van der Waals surface area (Å²) in [7, 11) is 0. The van der Waals surface area contributed by atoms with Gasteiger partial charge in [-0.05, 0) is 18.6 Å². The Labute approximate surface area is 59.9 Å². The molecule has 10 heavy (non-hydrogen) atoms. The smallest absolute Gasteiger partial charge is 0.0644 e. The zero-order valence-electron chi connectivity index (χ0n) is 5.74. The van der Waals surface area contributed by atoms with Gasteiger partial charge in [0.1, 0.15) is 0 Å². The lowest BCUT2D eigenvalue weighted by Crippen LogP contribution is -1.95. The van der Waals surface area contributed by atoms with Crippen molar-refractivity contribution in [3.8, 4) is 0 Å². The van der Waals surface area contributed by atoms with E-state index in [1.165, 1.54) is 0 Å². The molecule has 1 aromatic rings. The second kappa shape index (κ2) is 3.01. The third-order valence-corrected chi connectivity index (χ3v) is 1.31. The third-order valence-electron chi connectivity index (χ3n) is 1.31. The van der Waals surface area contributed by atoms with Crippen LogP contribution in [-0.2, 0) is 0 Å². The fourth-order valence-electron chi connectivity index (χ4n) is 0.765. The van der Waals surface area contributed by atoms with Gasteiger partial charge in [0.05, 0.1) is 5.69 Å². The molecule has 0 amide bonds. The van der Waals surface area contributed by atoms with Crippen LogP contribution in [0.4, 0.5) is 5.69 Å². The van der Waals surface area contributed by atoms with Crippen molar-refractivity contribution in [3.63, 3.8) is 0 Å². The molecule has 0 heterocycles. The molecule has 0 N–H and O–H groups in total. The number of nitrogens with zero attached hydrogens (tertiary/aromatic N) is 1. The zero-order chi connectivity index (χ0) is 7.40. The molecular weight excluding hydrogens is 126 g/mol. The van der Waals surface area contributed by atoms with Crippen LogP contribution in [0.25, 0.3) is 0 Å². The van der Waals surface area contributed by atoms with Crippen molar-refractivity contribution in [2.24, 2.45) is 4.99 Å². The molecule has 0 aromatic heterocycles. The summed E-state index contributed by atoms with van der Waals surface area (Å²) in [6.07, 6.45) is 0.558. The van der Waals surface area contributed by atoms with Crippen LogP contribution in [0.5, 0.6) is 0 Å². The van der Waals surface area contributed by atoms with Crippen LogP contribution >= 0.6 is 0 Å². The van der Waals surface area contributed by atoms with E-state index in [-0.39, 0.29) is 0 Å². The number of hydrogen-bond acceptors (Lipinski definition) is 2. The SMILES string of the molecule is Cc1ccccc1N=C[O-]. The Balaban J connectivity index is 3.03. The Morgan fingerprint density at radius 2 is 2.10 bits per heavy atom. The second-order valence-electron chi connectivity index (χ2n) is 2.02. The Hall–Kier alpha value is -1.31. The van der Waals surface area contributed by atoms with E-state index in [1.807, 2.05) is 31.2 Å². The maximum atomic E-state index is 9.96. The molecule has 0 aliphatic heterocycles. The van der Waals surface area contributed by atoms with Crippen LogP contribution in [0.2, 0.25) is 0 Å². The number of hydrogen-bond donors (Lipinski definition) is 0. The highest BCUT2D eigenvalue weighted by Gasteiger charge is 1.88. The zero-order valence-corrected chi connectivity index (χ0v) is 5.74. The third kappa shape index (κ3) is 1.35. The van der Waals surface area contributed by atoms with Crippen LogP contribution < -0.4 is 5.11 Å². The van der Waals surface area contributed by atoms with E-state index >= 15 is 0 Å². The Bertz CT molecular complexity index is 243. The summed E-state index contributed by atoms with van der Waals surface area (Å²) in [6.45, 7) is 1.92. The summed E-state index contributed by atoms with van der Waals surface area (Å²) in [5.74, 6) is 0. The van der Waals surface area contributed by atoms with Gasteiger partial charge in [0, 0.05) is 0 Å². The lowest BCUT2D eigenvalue weighted by atomic mass is 10.2. The molecule has 0 saturated carbocycles. The molecule has 1 aromatic carbocycles. The van der Waals surface area contributed by atoms with Crippen molar-refractivity contribution < 1.29 is 5.11 Å². The van der Waals surface area contributed by atoms with Crippen LogP contribution in [0.15, 0.2) is 29.3 Å². The first kappa shape index (κ1) is 6.81. The van der Waals surface area contributed by atoms with E-state index in [0.29, 0.717) is 6.40 Å². The van der Waals surface area contributed by atoms with Crippen molar-refractivity contribution in [1.29, 1.82) is 0 Å². The summed E-state index contributed by atoms with van der Waals surface area (Å²) >= 11 is 0. The first-order valence-electron chi connectivity index (χ1n) is 3.04. The van der Waals surface area contributed by atoms with E-state index in [9.17, 15) is 5.11 Å². The number of aliphatic imine (C=N–C) groups is 1. The molecule has 0 fully saturated rings. The van der Waals surface area contributed by atoms with Gasteiger partial charge in [-0.15, -0.1) is 0 Å².